The highest BCUT2D eigenvalue weighted by molar-refractivity contribution is 6.31. The summed E-state index contributed by atoms with van der Waals surface area (Å²) in [6, 6.07) is 5.63. The molecule has 1 unspecified atom stereocenters. The van der Waals surface area contributed by atoms with Crippen molar-refractivity contribution in [3.05, 3.63) is 28.8 Å². The van der Waals surface area contributed by atoms with Crippen LogP contribution in [0.4, 0.5) is 5.69 Å². The van der Waals surface area contributed by atoms with Crippen molar-refractivity contribution < 1.29 is 9.90 Å². The van der Waals surface area contributed by atoms with Crippen LogP contribution in [0, 0.1) is 0 Å². The number of aliphatic hydroxyl groups excluding tert-OH is 1. The van der Waals surface area contributed by atoms with Gasteiger partial charge in [-0.1, -0.05) is 11.6 Å². The maximum Gasteiger partial charge on any atom is 0.256 e. The molecule has 5 heteroatoms. The Morgan fingerprint density at radius 2 is 2.33 bits per heavy atom. The molecule has 1 aromatic rings. The molecule has 1 saturated heterocycles. The lowest BCUT2D eigenvalue weighted by Gasteiger charge is -2.26. The lowest BCUT2D eigenvalue weighted by molar-refractivity contribution is 0.0725. The molecule has 0 aromatic heterocycles. The zero-order chi connectivity index (χ0) is 15.2. The minimum Gasteiger partial charge on any atom is -0.396 e. The van der Waals surface area contributed by atoms with E-state index >= 15 is 0 Å². The molecule has 116 valence electrons. The molecule has 0 bridgehead atoms. The van der Waals surface area contributed by atoms with Gasteiger partial charge in [-0.15, -0.1) is 0 Å². The van der Waals surface area contributed by atoms with Crippen LogP contribution in [0.25, 0.3) is 0 Å². The molecule has 4 nitrogen and oxygen atoms in total. The van der Waals surface area contributed by atoms with Crippen molar-refractivity contribution in [2.45, 2.75) is 38.6 Å². The molecule has 0 saturated carbocycles. The maximum atomic E-state index is 12.8. The van der Waals surface area contributed by atoms with Gasteiger partial charge < -0.3 is 15.3 Å². The van der Waals surface area contributed by atoms with Crippen molar-refractivity contribution in [2.75, 3.05) is 25.0 Å². The second-order valence-electron chi connectivity index (χ2n) is 5.38. The summed E-state index contributed by atoms with van der Waals surface area (Å²) in [4.78, 5) is 14.8. The Morgan fingerprint density at radius 3 is 3.05 bits per heavy atom. The summed E-state index contributed by atoms with van der Waals surface area (Å²) < 4.78 is 0. The number of nitrogens with zero attached hydrogens (tertiary/aromatic N) is 1. The molecule has 1 aromatic carbocycles. The molecule has 1 amide bonds. The molecule has 0 radical (unpaired) electrons. The highest BCUT2D eigenvalue weighted by atomic mass is 35.5. The zero-order valence-corrected chi connectivity index (χ0v) is 13.2. The van der Waals surface area contributed by atoms with Gasteiger partial charge in [0.05, 0.1) is 5.56 Å². The zero-order valence-electron chi connectivity index (χ0n) is 12.4. The van der Waals surface area contributed by atoms with Gasteiger partial charge in [0.2, 0.25) is 0 Å². The van der Waals surface area contributed by atoms with E-state index < -0.39 is 0 Å². The predicted molar refractivity (Wildman–Crippen MR) is 86.0 cm³/mol. The number of rotatable bonds is 6. The Labute approximate surface area is 131 Å². The number of benzene rings is 1. The second-order valence-corrected chi connectivity index (χ2v) is 5.82. The summed E-state index contributed by atoms with van der Waals surface area (Å²) in [5.41, 5.74) is 1.47. The molecule has 1 aliphatic heterocycles. The number of carbonyl (C=O) groups excluding carboxylic acids is 1. The largest absolute Gasteiger partial charge is 0.396 e. The number of amides is 1. The second kappa shape index (κ2) is 7.66. The van der Waals surface area contributed by atoms with E-state index in [1.165, 1.54) is 0 Å². The fourth-order valence-corrected chi connectivity index (χ4v) is 3.09. The van der Waals surface area contributed by atoms with Gasteiger partial charge in [-0.05, 0) is 50.8 Å². The molecule has 1 fully saturated rings. The molecule has 0 spiro atoms. The lowest BCUT2D eigenvalue weighted by atomic mass is 10.1. The monoisotopic (exact) mass is 310 g/mol. The van der Waals surface area contributed by atoms with Crippen molar-refractivity contribution in [2.24, 2.45) is 0 Å². The van der Waals surface area contributed by atoms with Crippen LogP contribution in [-0.2, 0) is 0 Å². The van der Waals surface area contributed by atoms with E-state index in [-0.39, 0.29) is 18.6 Å². The van der Waals surface area contributed by atoms with Gasteiger partial charge in [0.25, 0.3) is 5.91 Å². The average Bonchev–Trinajstić information content (AvgIpc) is 2.94. The van der Waals surface area contributed by atoms with Gasteiger partial charge in [-0.3, -0.25) is 4.79 Å². The summed E-state index contributed by atoms with van der Waals surface area (Å²) in [6.45, 7) is 3.73. The molecule has 1 aliphatic rings. The lowest BCUT2D eigenvalue weighted by Crippen LogP contribution is -2.36. The number of halogens is 1. The number of carbonyl (C=O) groups is 1. The first-order valence-electron chi connectivity index (χ1n) is 7.62. The van der Waals surface area contributed by atoms with Gasteiger partial charge in [0.1, 0.15) is 0 Å². The summed E-state index contributed by atoms with van der Waals surface area (Å²) in [5, 5.41) is 12.8. The summed E-state index contributed by atoms with van der Waals surface area (Å²) in [5.74, 6) is 0.0360. The first kappa shape index (κ1) is 16.1. The molecule has 0 aliphatic carbocycles. The maximum absolute atomic E-state index is 12.8. The predicted octanol–water partition coefficient (Wildman–Crippen LogP) is 3.15. The summed E-state index contributed by atoms with van der Waals surface area (Å²) >= 11 is 6.06. The molecule has 21 heavy (non-hydrogen) atoms. The summed E-state index contributed by atoms with van der Waals surface area (Å²) in [6.07, 6.45) is 3.64. The molecular weight excluding hydrogens is 288 g/mol. The molecule has 1 heterocycles. The average molecular weight is 311 g/mol. The third kappa shape index (κ3) is 3.89. The van der Waals surface area contributed by atoms with Crippen LogP contribution in [-0.4, -0.2) is 41.7 Å². The SMILES string of the molecule is CCNc1ccc(Cl)cc1C(=O)N1CCCC1CCCO. The van der Waals surface area contributed by atoms with E-state index in [4.69, 9.17) is 16.7 Å². The number of likely N-dealkylation sites (tertiary alicyclic amines) is 1. The van der Waals surface area contributed by atoms with Gasteiger partial charge in [-0.25, -0.2) is 0 Å². The highest BCUT2D eigenvalue weighted by Gasteiger charge is 2.30. The summed E-state index contributed by atoms with van der Waals surface area (Å²) in [7, 11) is 0. The van der Waals surface area contributed by atoms with Crippen molar-refractivity contribution in [1.29, 1.82) is 0 Å². The number of nitrogens with one attached hydrogen (secondary N) is 1. The molecule has 1 atom stereocenters. The van der Waals surface area contributed by atoms with Crippen LogP contribution in [0.5, 0.6) is 0 Å². The van der Waals surface area contributed by atoms with Gasteiger partial charge in [0, 0.05) is 36.4 Å². The van der Waals surface area contributed by atoms with E-state index in [0.29, 0.717) is 10.6 Å². The van der Waals surface area contributed by atoms with Crippen LogP contribution in [0.15, 0.2) is 18.2 Å². The highest BCUT2D eigenvalue weighted by Crippen LogP contribution is 2.28. The first-order valence-corrected chi connectivity index (χ1v) is 8.00. The molecular formula is C16H23ClN2O2. The van der Waals surface area contributed by atoms with Crippen molar-refractivity contribution in [3.8, 4) is 0 Å². The fourth-order valence-electron chi connectivity index (χ4n) is 2.92. The third-order valence-electron chi connectivity index (χ3n) is 3.91. The van der Waals surface area contributed by atoms with Crippen LogP contribution < -0.4 is 5.32 Å². The van der Waals surface area contributed by atoms with Crippen molar-refractivity contribution in [1.82, 2.24) is 4.90 Å². The smallest absolute Gasteiger partial charge is 0.256 e. The minimum absolute atomic E-state index is 0.0360. The molecule has 2 N–H and O–H groups in total. The minimum atomic E-state index is 0.0360. The van der Waals surface area contributed by atoms with Crippen LogP contribution in [0.1, 0.15) is 43.0 Å². The number of hydrogen-bond donors (Lipinski definition) is 2. The Hall–Kier alpha value is -1.26. The Balaban J connectivity index is 2.20. The van der Waals surface area contributed by atoms with Crippen molar-refractivity contribution >= 4 is 23.2 Å². The van der Waals surface area contributed by atoms with Crippen molar-refractivity contribution in [3.63, 3.8) is 0 Å². The van der Waals surface area contributed by atoms with Gasteiger partial charge in [0.15, 0.2) is 0 Å². The van der Waals surface area contributed by atoms with E-state index in [2.05, 4.69) is 5.32 Å². The van der Waals surface area contributed by atoms with E-state index in [9.17, 15) is 4.79 Å². The Morgan fingerprint density at radius 1 is 1.52 bits per heavy atom. The topological polar surface area (TPSA) is 52.6 Å². The van der Waals surface area contributed by atoms with E-state index in [1.807, 2.05) is 17.9 Å². The quantitative estimate of drug-likeness (QED) is 0.848. The first-order chi connectivity index (χ1) is 10.2. The van der Waals surface area contributed by atoms with E-state index in [0.717, 1.165) is 44.5 Å². The van der Waals surface area contributed by atoms with Gasteiger partial charge in [-0.2, -0.15) is 0 Å². The van der Waals surface area contributed by atoms with Gasteiger partial charge >= 0.3 is 0 Å². The fraction of sp³-hybridized carbons (Fsp3) is 0.562. The van der Waals surface area contributed by atoms with Crippen LogP contribution in [0.2, 0.25) is 5.02 Å². The van der Waals surface area contributed by atoms with E-state index in [1.54, 1.807) is 12.1 Å². The third-order valence-corrected chi connectivity index (χ3v) is 4.15. The molecule has 2 rings (SSSR count). The van der Waals surface area contributed by atoms with Crippen LogP contribution in [0.3, 0.4) is 0 Å². The number of hydrogen-bond acceptors (Lipinski definition) is 3. The number of aliphatic hydroxyl groups is 1. The van der Waals surface area contributed by atoms with Crippen LogP contribution >= 0.6 is 11.6 Å². The normalized spacial score (nSPS) is 18.0. The number of anilines is 1. The Bertz CT molecular complexity index is 493. The standard InChI is InChI=1S/C16H23ClN2O2/c1-2-18-15-8-7-12(17)11-14(15)16(21)19-9-3-5-13(19)6-4-10-20/h7-8,11,13,18,20H,2-6,9-10H2,1H3. The Kier molecular flexibility index (Phi) is 5.88.